The molecular weight excluding hydrogens is 196 g/mol. The summed E-state index contributed by atoms with van der Waals surface area (Å²) in [6.45, 7) is 5.41. The zero-order chi connectivity index (χ0) is 11.6. The fourth-order valence-electron chi connectivity index (χ4n) is 1.56. The lowest BCUT2D eigenvalue weighted by Gasteiger charge is -2.19. The zero-order valence-electron chi connectivity index (χ0n) is 9.95. The molecular formula is C14H20N2. The predicted molar refractivity (Wildman–Crippen MR) is 68.8 cm³/mol. The van der Waals surface area contributed by atoms with E-state index in [0.29, 0.717) is 0 Å². The molecule has 16 heavy (non-hydrogen) atoms. The second-order valence-corrected chi connectivity index (χ2v) is 3.77. The highest BCUT2D eigenvalue weighted by molar-refractivity contribution is 5.14. The van der Waals surface area contributed by atoms with Crippen LogP contribution in [0.2, 0.25) is 0 Å². The van der Waals surface area contributed by atoms with Crippen molar-refractivity contribution in [2.45, 2.75) is 19.9 Å². The minimum Gasteiger partial charge on any atom is -0.330 e. The molecule has 0 bridgehead atoms. The second kappa shape index (κ2) is 7.92. The summed E-state index contributed by atoms with van der Waals surface area (Å²) in [6, 6.07) is 10.5. The first-order valence-corrected chi connectivity index (χ1v) is 5.72. The number of benzene rings is 1. The smallest absolute Gasteiger partial charge is 0.0604 e. The Hall–Kier alpha value is -1.30. The summed E-state index contributed by atoms with van der Waals surface area (Å²) in [6.07, 6.45) is 1.03. The Balaban J connectivity index is 2.51. The van der Waals surface area contributed by atoms with Gasteiger partial charge in [-0.15, -0.1) is 5.92 Å². The van der Waals surface area contributed by atoms with Crippen LogP contribution in [0.3, 0.4) is 0 Å². The largest absolute Gasteiger partial charge is 0.330 e. The normalized spacial score (nSPS) is 9.94. The Morgan fingerprint density at radius 3 is 2.62 bits per heavy atom. The van der Waals surface area contributed by atoms with E-state index in [-0.39, 0.29) is 0 Å². The Labute approximate surface area is 98.4 Å². The van der Waals surface area contributed by atoms with Crippen LogP contribution in [0.1, 0.15) is 18.9 Å². The third kappa shape index (κ3) is 4.97. The molecule has 0 saturated carbocycles. The van der Waals surface area contributed by atoms with Gasteiger partial charge < -0.3 is 5.73 Å². The Morgan fingerprint density at radius 2 is 2.00 bits per heavy atom. The maximum absolute atomic E-state index is 5.54. The topological polar surface area (TPSA) is 29.3 Å². The van der Waals surface area contributed by atoms with E-state index in [2.05, 4.69) is 41.0 Å². The average Bonchev–Trinajstić information content (AvgIpc) is 2.34. The lowest BCUT2D eigenvalue weighted by molar-refractivity contribution is 0.296. The molecule has 0 aromatic heterocycles. The van der Waals surface area contributed by atoms with Crippen LogP contribution < -0.4 is 5.73 Å². The van der Waals surface area contributed by atoms with Crippen LogP contribution in [0.5, 0.6) is 0 Å². The lowest BCUT2D eigenvalue weighted by atomic mass is 10.2. The van der Waals surface area contributed by atoms with Crippen molar-refractivity contribution >= 4 is 0 Å². The Bertz CT molecular complexity index is 335. The van der Waals surface area contributed by atoms with Gasteiger partial charge in [0.1, 0.15) is 0 Å². The van der Waals surface area contributed by atoms with Gasteiger partial charge in [0.2, 0.25) is 0 Å². The van der Waals surface area contributed by atoms with E-state index < -0.39 is 0 Å². The molecule has 0 radical (unpaired) electrons. The third-order valence-electron chi connectivity index (χ3n) is 2.41. The molecule has 0 spiro atoms. The molecule has 2 heteroatoms. The zero-order valence-corrected chi connectivity index (χ0v) is 9.95. The number of hydrogen-bond acceptors (Lipinski definition) is 2. The molecule has 0 heterocycles. The Kier molecular flexibility index (Phi) is 6.32. The molecule has 0 aliphatic carbocycles. The van der Waals surface area contributed by atoms with Gasteiger partial charge in [-0.3, -0.25) is 4.90 Å². The van der Waals surface area contributed by atoms with E-state index in [0.717, 1.165) is 32.6 Å². The molecule has 86 valence electrons. The maximum atomic E-state index is 5.54. The standard InChI is InChI=1S/C14H20N2/c1-2-3-11-16(12-7-10-15)13-14-8-5-4-6-9-14/h4-6,8-9H,7,10-13,15H2,1H3. The van der Waals surface area contributed by atoms with Crippen molar-refractivity contribution < 1.29 is 0 Å². The number of nitrogens with two attached hydrogens (primary N) is 1. The summed E-state index contributed by atoms with van der Waals surface area (Å²) >= 11 is 0. The SMILES string of the molecule is CC#CCN(CCCN)Cc1ccccc1. The quantitative estimate of drug-likeness (QED) is 0.735. The van der Waals surface area contributed by atoms with E-state index in [1.54, 1.807) is 0 Å². The van der Waals surface area contributed by atoms with Gasteiger partial charge in [0.15, 0.2) is 0 Å². The molecule has 2 nitrogen and oxygen atoms in total. The van der Waals surface area contributed by atoms with Crippen LogP contribution >= 0.6 is 0 Å². The molecule has 0 aliphatic rings. The molecule has 0 aliphatic heterocycles. The van der Waals surface area contributed by atoms with Crippen molar-refractivity contribution in [3.05, 3.63) is 35.9 Å². The van der Waals surface area contributed by atoms with Crippen molar-refractivity contribution in [1.29, 1.82) is 0 Å². The summed E-state index contributed by atoms with van der Waals surface area (Å²) in [5.74, 6) is 6.05. The Morgan fingerprint density at radius 1 is 1.25 bits per heavy atom. The highest BCUT2D eigenvalue weighted by atomic mass is 15.1. The average molecular weight is 216 g/mol. The number of hydrogen-bond donors (Lipinski definition) is 1. The van der Waals surface area contributed by atoms with Gasteiger partial charge in [-0.05, 0) is 25.5 Å². The molecule has 0 amide bonds. The summed E-state index contributed by atoms with van der Waals surface area (Å²) in [5, 5.41) is 0. The van der Waals surface area contributed by atoms with Crippen molar-refractivity contribution in [2.24, 2.45) is 5.73 Å². The van der Waals surface area contributed by atoms with E-state index in [4.69, 9.17) is 5.73 Å². The number of nitrogens with zero attached hydrogens (tertiary/aromatic N) is 1. The van der Waals surface area contributed by atoms with Crippen LogP contribution in [-0.2, 0) is 6.54 Å². The first-order chi connectivity index (χ1) is 7.86. The maximum Gasteiger partial charge on any atom is 0.0604 e. The summed E-state index contributed by atoms with van der Waals surface area (Å²) in [5.41, 5.74) is 6.87. The predicted octanol–water partition coefficient (Wildman–Crippen LogP) is 1.86. The van der Waals surface area contributed by atoms with Gasteiger partial charge in [0.05, 0.1) is 6.54 Å². The molecule has 0 fully saturated rings. The minimum atomic E-state index is 0.741. The molecule has 1 aromatic carbocycles. The number of rotatable bonds is 6. The van der Waals surface area contributed by atoms with Gasteiger partial charge in [0.25, 0.3) is 0 Å². The first kappa shape index (κ1) is 12.8. The van der Waals surface area contributed by atoms with Crippen molar-refractivity contribution in [3.8, 4) is 11.8 Å². The van der Waals surface area contributed by atoms with Crippen LogP contribution in [-0.4, -0.2) is 24.5 Å². The second-order valence-electron chi connectivity index (χ2n) is 3.77. The first-order valence-electron chi connectivity index (χ1n) is 5.72. The van der Waals surface area contributed by atoms with Gasteiger partial charge in [0, 0.05) is 13.1 Å². The van der Waals surface area contributed by atoms with Gasteiger partial charge in [-0.2, -0.15) is 0 Å². The fourth-order valence-corrected chi connectivity index (χ4v) is 1.56. The van der Waals surface area contributed by atoms with E-state index in [9.17, 15) is 0 Å². The highest BCUT2D eigenvalue weighted by Gasteiger charge is 2.03. The molecule has 0 atom stereocenters. The summed E-state index contributed by atoms with van der Waals surface area (Å²) in [4.78, 5) is 2.33. The third-order valence-corrected chi connectivity index (χ3v) is 2.41. The fraction of sp³-hybridized carbons (Fsp3) is 0.429. The van der Waals surface area contributed by atoms with Gasteiger partial charge >= 0.3 is 0 Å². The monoisotopic (exact) mass is 216 g/mol. The van der Waals surface area contributed by atoms with Crippen molar-refractivity contribution in [1.82, 2.24) is 4.90 Å². The van der Waals surface area contributed by atoms with Crippen LogP contribution in [0.25, 0.3) is 0 Å². The molecule has 1 aromatic rings. The van der Waals surface area contributed by atoms with E-state index >= 15 is 0 Å². The van der Waals surface area contributed by atoms with Gasteiger partial charge in [-0.1, -0.05) is 36.3 Å². The molecule has 2 N–H and O–H groups in total. The van der Waals surface area contributed by atoms with Crippen LogP contribution in [0, 0.1) is 11.8 Å². The molecule has 1 rings (SSSR count). The highest BCUT2D eigenvalue weighted by Crippen LogP contribution is 2.04. The van der Waals surface area contributed by atoms with Gasteiger partial charge in [-0.25, -0.2) is 0 Å². The summed E-state index contributed by atoms with van der Waals surface area (Å²) in [7, 11) is 0. The molecule has 0 unspecified atom stereocenters. The van der Waals surface area contributed by atoms with Crippen molar-refractivity contribution in [3.63, 3.8) is 0 Å². The van der Waals surface area contributed by atoms with Crippen molar-refractivity contribution in [2.75, 3.05) is 19.6 Å². The minimum absolute atomic E-state index is 0.741. The summed E-state index contributed by atoms with van der Waals surface area (Å²) < 4.78 is 0. The van der Waals surface area contributed by atoms with Crippen LogP contribution in [0.4, 0.5) is 0 Å². The van der Waals surface area contributed by atoms with Crippen LogP contribution in [0.15, 0.2) is 30.3 Å². The molecule has 0 saturated heterocycles. The van der Waals surface area contributed by atoms with E-state index in [1.807, 2.05) is 13.0 Å². The lowest BCUT2D eigenvalue weighted by Crippen LogP contribution is -2.26. The van der Waals surface area contributed by atoms with E-state index in [1.165, 1.54) is 5.56 Å².